The maximum absolute atomic E-state index is 12.4. The Kier molecular flexibility index (Phi) is 5.90. The number of amides is 3. The number of urea groups is 1. The maximum atomic E-state index is 12.4. The van der Waals surface area contributed by atoms with Crippen LogP contribution >= 0.6 is 0 Å². The van der Waals surface area contributed by atoms with Crippen molar-refractivity contribution in [1.29, 1.82) is 0 Å². The van der Waals surface area contributed by atoms with Crippen LogP contribution in [0.3, 0.4) is 0 Å². The Bertz CT molecular complexity index is 904. The topological polar surface area (TPSA) is 218 Å². The van der Waals surface area contributed by atoms with Crippen molar-refractivity contribution in [3.63, 3.8) is 0 Å². The summed E-state index contributed by atoms with van der Waals surface area (Å²) >= 11 is 0. The van der Waals surface area contributed by atoms with Crippen molar-refractivity contribution in [3.05, 3.63) is 12.7 Å². The SMILES string of the molecule is CC(O)C(NC(N)=O)C(=O)Nc1ncnc2c1ncn2[C@@H]1O[C@H](CO)[C@@H](O)[C@H]1O. The first-order valence-corrected chi connectivity index (χ1v) is 8.59. The Hall–Kier alpha value is -2.91. The van der Waals surface area contributed by atoms with Crippen molar-refractivity contribution in [2.24, 2.45) is 5.73 Å². The van der Waals surface area contributed by atoms with E-state index in [0.717, 1.165) is 6.33 Å². The van der Waals surface area contributed by atoms with Gasteiger partial charge in [0.1, 0.15) is 30.7 Å². The summed E-state index contributed by atoms with van der Waals surface area (Å²) in [5.41, 5.74) is 5.31. The second-order valence-electron chi connectivity index (χ2n) is 6.49. The first-order valence-electron chi connectivity index (χ1n) is 8.59. The molecule has 0 bridgehead atoms. The molecule has 2 aromatic heterocycles. The molecule has 3 amide bonds. The Morgan fingerprint density at radius 2 is 2.03 bits per heavy atom. The number of hydrogen-bond acceptors (Lipinski definition) is 10. The molecule has 0 radical (unpaired) electrons. The molecule has 2 unspecified atom stereocenters. The van der Waals surface area contributed by atoms with Crippen LogP contribution in [-0.4, -0.2) is 88.9 Å². The summed E-state index contributed by atoms with van der Waals surface area (Å²) in [5, 5.41) is 43.6. The molecule has 1 fully saturated rings. The molecular weight excluding hydrogens is 390 g/mol. The Labute approximate surface area is 163 Å². The van der Waals surface area contributed by atoms with Crippen LogP contribution in [0.4, 0.5) is 10.6 Å². The molecule has 8 N–H and O–H groups in total. The van der Waals surface area contributed by atoms with E-state index in [2.05, 4.69) is 25.6 Å². The summed E-state index contributed by atoms with van der Waals surface area (Å²) < 4.78 is 6.78. The largest absolute Gasteiger partial charge is 0.394 e. The van der Waals surface area contributed by atoms with Crippen molar-refractivity contribution >= 4 is 28.9 Å². The number of imidazole rings is 1. The lowest BCUT2D eigenvalue weighted by Gasteiger charge is -2.19. The van der Waals surface area contributed by atoms with Crippen molar-refractivity contribution in [3.8, 4) is 0 Å². The number of aliphatic hydroxyl groups excluding tert-OH is 4. The molecule has 3 heterocycles. The Morgan fingerprint density at radius 3 is 2.62 bits per heavy atom. The third kappa shape index (κ3) is 3.96. The summed E-state index contributed by atoms with van der Waals surface area (Å²) in [6.07, 6.45) is -3.57. The summed E-state index contributed by atoms with van der Waals surface area (Å²) in [6.45, 7) is 0.803. The molecule has 1 aliphatic heterocycles. The molecule has 14 heteroatoms. The van der Waals surface area contributed by atoms with Crippen LogP contribution in [0.2, 0.25) is 0 Å². The molecule has 3 rings (SSSR count). The number of fused-ring (bicyclic) bond motifs is 1. The summed E-state index contributed by atoms with van der Waals surface area (Å²) in [6, 6.07) is -2.33. The van der Waals surface area contributed by atoms with E-state index >= 15 is 0 Å². The van der Waals surface area contributed by atoms with Crippen LogP contribution in [0.15, 0.2) is 12.7 Å². The monoisotopic (exact) mass is 411 g/mol. The van der Waals surface area contributed by atoms with Crippen molar-refractivity contribution < 1.29 is 34.8 Å². The molecule has 158 valence electrons. The van der Waals surface area contributed by atoms with E-state index in [4.69, 9.17) is 10.5 Å². The average Bonchev–Trinajstić information content (AvgIpc) is 3.21. The Balaban J connectivity index is 1.89. The zero-order chi connectivity index (χ0) is 21.3. The zero-order valence-electron chi connectivity index (χ0n) is 15.2. The fraction of sp³-hybridized carbons (Fsp3) is 0.533. The highest BCUT2D eigenvalue weighted by molar-refractivity contribution is 6.01. The third-order valence-electron chi connectivity index (χ3n) is 4.45. The van der Waals surface area contributed by atoms with Crippen LogP contribution in [0.1, 0.15) is 13.2 Å². The Morgan fingerprint density at radius 1 is 1.31 bits per heavy atom. The van der Waals surface area contributed by atoms with Crippen LogP contribution in [0.25, 0.3) is 11.2 Å². The van der Waals surface area contributed by atoms with Gasteiger partial charge in [0.05, 0.1) is 19.0 Å². The summed E-state index contributed by atoms with van der Waals surface area (Å²) in [4.78, 5) is 35.6. The lowest BCUT2D eigenvalue weighted by Crippen LogP contribution is -2.51. The van der Waals surface area contributed by atoms with Gasteiger partial charge in [0.2, 0.25) is 0 Å². The number of nitrogens with one attached hydrogen (secondary N) is 2. The van der Waals surface area contributed by atoms with Gasteiger partial charge in [-0.05, 0) is 6.92 Å². The molecule has 14 nitrogen and oxygen atoms in total. The zero-order valence-corrected chi connectivity index (χ0v) is 15.2. The number of aromatic nitrogens is 4. The van der Waals surface area contributed by atoms with Crippen molar-refractivity contribution in [1.82, 2.24) is 24.8 Å². The lowest BCUT2D eigenvalue weighted by atomic mass is 10.1. The standard InChI is InChI=1S/C15H21N7O7/c1-5(24)7(20-15(16)28)13(27)21-11-8-12(18-3-17-11)22(4-19-8)14-10(26)9(25)6(2-23)29-14/h3-7,9-10,14,23-26H,2H2,1H3,(H3,16,20,28)(H,17,18,21,27)/t5?,6-,7?,9-,10-,14-/m1/s1. The minimum atomic E-state index is -1.35. The number of carbonyl (C=O) groups is 2. The minimum Gasteiger partial charge on any atom is -0.394 e. The van der Waals surface area contributed by atoms with E-state index in [1.807, 2.05) is 0 Å². The van der Waals surface area contributed by atoms with E-state index in [-0.39, 0.29) is 17.0 Å². The van der Waals surface area contributed by atoms with Crippen LogP contribution < -0.4 is 16.4 Å². The number of primary amides is 1. The van der Waals surface area contributed by atoms with Gasteiger partial charge in [-0.15, -0.1) is 0 Å². The van der Waals surface area contributed by atoms with Crippen LogP contribution in [-0.2, 0) is 9.53 Å². The highest BCUT2D eigenvalue weighted by Crippen LogP contribution is 2.32. The number of aliphatic hydroxyl groups is 4. The molecule has 6 atom stereocenters. The second kappa shape index (κ2) is 8.22. The van der Waals surface area contributed by atoms with Gasteiger partial charge in [0, 0.05) is 0 Å². The molecule has 1 saturated heterocycles. The van der Waals surface area contributed by atoms with E-state index in [0.29, 0.717) is 0 Å². The molecule has 0 aliphatic carbocycles. The fourth-order valence-corrected chi connectivity index (χ4v) is 2.99. The van der Waals surface area contributed by atoms with Gasteiger partial charge in [-0.2, -0.15) is 0 Å². The van der Waals surface area contributed by atoms with Crippen molar-refractivity contribution in [2.45, 2.75) is 43.6 Å². The summed E-state index contributed by atoms with van der Waals surface area (Å²) in [5.74, 6) is -0.816. The van der Waals surface area contributed by atoms with E-state index in [1.54, 1.807) is 0 Å². The van der Waals surface area contributed by atoms with Crippen LogP contribution in [0.5, 0.6) is 0 Å². The average molecular weight is 411 g/mol. The maximum Gasteiger partial charge on any atom is 0.312 e. The molecule has 0 aromatic carbocycles. The fourth-order valence-electron chi connectivity index (χ4n) is 2.99. The predicted octanol–water partition coefficient (Wildman–Crippen LogP) is -3.21. The summed E-state index contributed by atoms with van der Waals surface area (Å²) in [7, 11) is 0. The molecular formula is C15H21N7O7. The van der Waals surface area contributed by atoms with Gasteiger partial charge in [-0.25, -0.2) is 19.7 Å². The number of rotatable bonds is 6. The molecule has 29 heavy (non-hydrogen) atoms. The van der Waals surface area contributed by atoms with Gasteiger partial charge >= 0.3 is 6.03 Å². The number of carbonyl (C=O) groups excluding carboxylic acids is 2. The number of hydrogen-bond donors (Lipinski definition) is 7. The predicted molar refractivity (Wildman–Crippen MR) is 95.2 cm³/mol. The van der Waals surface area contributed by atoms with Crippen molar-refractivity contribution in [2.75, 3.05) is 11.9 Å². The lowest BCUT2D eigenvalue weighted by molar-refractivity contribution is -0.120. The van der Waals surface area contributed by atoms with Gasteiger partial charge in [0.25, 0.3) is 5.91 Å². The molecule has 2 aromatic rings. The van der Waals surface area contributed by atoms with E-state index in [1.165, 1.54) is 17.8 Å². The second-order valence-corrected chi connectivity index (χ2v) is 6.49. The minimum absolute atomic E-state index is 0.0255. The quantitative estimate of drug-likeness (QED) is 0.252. The first-order chi connectivity index (χ1) is 13.7. The molecule has 0 saturated carbocycles. The van der Waals surface area contributed by atoms with Gasteiger partial charge in [0.15, 0.2) is 23.2 Å². The third-order valence-corrected chi connectivity index (χ3v) is 4.45. The normalized spacial score (nSPS) is 26.2. The number of anilines is 1. The number of nitrogens with two attached hydrogens (primary N) is 1. The highest BCUT2D eigenvalue weighted by Gasteiger charge is 2.44. The van der Waals surface area contributed by atoms with E-state index in [9.17, 15) is 30.0 Å². The smallest absolute Gasteiger partial charge is 0.312 e. The molecule has 1 aliphatic rings. The van der Waals surface area contributed by atoms with E-state index < -0.39 is 55.2 Å². The number of nitrogens with zero attached hydrogens (tertiary/aromatic N) is 4. The first kappa shape index (κ1) is 20.8. The number of ether oxygens (including phenoxy) is 1. The van der Waals surface area contributed by atoms with Gasteiger partial charge in [-0.1, -0.05) is 0 Å². The molecule has 0 spiro atoms. The van der Waals surface area contributed by atoms with Crippen LogP contribution in [0, 0.1) is 0 Å². The highest BCUT2D eigenvalue weighted by atomic mass is 16.6. The van der Waals surface area contributed by atoms with Gasteiger partial charge < -0.3 is 41.5 Å². The van der Waals surface area contributed by atoms with Gasteiger partial charge in [-0.3, -0.25) is 9.36 Å².